The second-order valence-electron chi connectivity index (χ2n) is 3.24. The normalized spacial score (nSPS) is 50.1. The number of aldehydes is 1. The van der Waals surface area contributed by atoms with Crippen molar-refractivity contribution in [1.82, 2.24) is 0 Å². The second kappa shape index (κ2) is 1.94. The predicted octanol–water partition coefficient (Wildman–Crippen LogP) is 1.92. The van der Waals surface area contributed by atoms with Crippen LogP contribution in [0.3, 0.4) is 0 Å². The average molecular weight is 201 g/mol. The fourth-order valence-electron chi connectivity index (χ4n) is 1.97. The molecule has 1 nitrogen and oxygen atoms in total. The third-order valence-electron chi connectivity index (χ3n) is 2.56. The highest BCUT2D eigenvalue weighted by atomic mass is 79.9. The number of halogens is 1. The van der Waals surface area contributed by atoms with Gasteiger partial charge >= 0.3 is 0 Å². The molecule has 0 N–H and O–H groups in total. The summed E-state index contributed by atoms with van der Waals surface area (Å²) in [4.78, 5) is 10.6. The molecule has 0 heterocycles. The first-order valence-corrected chi connectivity index (χ1v) is 4.37. The van der Waals surface area contributed by atoms with Gasteiger partial charge in [-0.2, -0.15) is 0 Å². The number of carbonyl (C=O) groups excluding carboxylic acids is 1. The molecule has 0 saturated heterocycles. The third kappa shape index (κ3) is 0.715. The molecule has 2 rings (SSSR count). The Kier molecular flexibility index (Phi) is 1.28. The van der Waals surface area contributed by atoms with E-state index in [1.807, 2.05) is 0 Å². The van der Waals surface area contributed by atoms with E-state index in [1.165, 1.54) is 6.42 Å². The zero-order valence-electron chi connectivity index (χ0n) is 5.59. The number of carbonyl (C=O) groups is 1. The van der Waals surface area contributed by atoms with Crippen molar-refractivity contribution in [3.63, 3.8) is 0 Å². The van der Waals surface area contributed by atoms with Gasteiger partial charge in [-0.3, -0.25) is 0 Å². The average Bonchev–Trinajstić information content (AvgIpc) is 2.46. The van der Waals surface area contributed by atoms with Crippen molar-refractivity contribution in [2.45, 2.75) is 17.2 Å². The van der Waals surface area contributed by atoms with Gasteiger partial charge in [-0.25, -0.2) is 0 Å². The first kappa shape index (κ1) is 6.59. The Morgan fingerprint density at radius 2 is 2.40 bits per heavy atom. The number of fused-ring (bicyclic) bond motifs is 2. The van der Waals surface area contributed by atoms with Crippen LogP contribution in [0.5, 0.6) is 0 Å². The zero-order chi connectivity index (χ0) is 7.19. The minimum atomic E-state index is -0.202. The molecule has 2 aliphatic rings. The number of hydrogen-bond donors (Lipinski definition) is 0. The maximum absolute atomic E-state index is 10.6. The SMILES string of the molecule is O=C[C@@]1(Br)CC2C=CC1C2. The molecule has 2 heteroatoms. The summed E-state index contributed by atoms with van der Waals surface area (Å²) in [6.45, 7) is 0. The third-order valence-corrected chi connectivity index (χ3v) is 3.66. The highest BCUT2D eigenvalue weighted by Gasteiger charge is 2.46. The van der Waals surface area contributed by atoms with E-state index in [1.54, 1.807) is 0 Å². The number of alkyl halides is 1. The van der Waals surface area contributed by atoms with E-state index in [0.717, 1.165) is 12.7 Å². The van der Waals surface area contributed by atoms with Gasteiger partial charge in [0.05, 0.1) is 4.32 Å². The molecule has 2 unspecified atom stereocenters. The minimum Gasteiger partial charge on any atom is -0.302 e. The first-order chi connectivity index (χ1) is 4.74. The topological polar surface area (TPSA) is 17.1 Å². The van der Waals surface area contributed by atoms with Crippen molar-refractivity contribution >= 4 is 22.2 Å². The van der Waals surface area contributed by atoms with Crippen LogP contribution >= 0.6 is 15.9 Å². The molecule has 0 aromatic carbocycles. The molecule has 3 atom stereocenters. The zero-order valence-corrected chi connectivity index (χ0v) is 7.17. The number of rotatable bonds is 1. The Morgan fingerprint density at radius 1 is 1.60 bits per heavy atom. The highest BCUT2D eigenvalue weighted by molar-refractivity contribution is 9.10. The van der Waals surface area contributed by atoms with Crippen LogP contribution in [0, 0.1) is 11.8 Å². The fourth-order valence-corrected chi connectivity index (χ4v) is 2.73. The molecule has 1 saturated carbocycles. The molecule has 0 spiro atoms. The molecule has 0 aliphatic heterocycles. The van der Waals surface area contributed by atoms with Crippen LogP contribution < -0.4 is 0 Å². The van der Waals surface area contributed by atoms with Crippen LogP contribution in [0.1, 0.15) is 12.8 Å². The molecule has 0 radical (unpaired) electrons. The molecule has 10 heavy (non-hydrogen) atoms. The standard InChI is InChI=1S/C8H9BrO/c9-8(5-10)4-6-1-2-7(8)3-6/h1-2,5-7H,3-4H2/t6?,7?,8-/m0/s1. The molecule has 2 bridgehead atoms. The molecular weight excluding hydrogens is 192 g/mol. The van der Waals surface area contributed by atoms with E-state index in [-0.39, 0.29) is 4.32 Å². The monoisotopic (exact) mass is 200 g/mol. The Bertz CT molecular complexity index is 199. The van der Waals surface area contributed by atoms with Crippen molar-refractivity contribution in [1.29, 1.82) is 0 Å². The summed E-state index contributed by atoms with van der Waals surface area (Å²) >= 11 is 3.48. The van der Waals surface area contributed by atoms with Gasteiger partial charge in [-0.15, -0.1) is 0 Å². The molecule has 2 aliphatic carbocycles. The Morgan fingerprint density at radius 3 is 2.70 bits per heavy atom. The number of hydrogen-bond acceptors (Lipinski definition) is 1. The maximum Gasteiger partial charge on any atom is 0.137 e. The summed E-state index contributed by atoms with van der Waals surface area (Å²) in [7, 11) is 0. The van der Waals surface area contributed by atoms with Crippen LogP contribution in [-0.4, -0.2) is 10.6 Å². The van der Waals surface area contributed by atoms with Crippen LogP contribution in [0.2, 0.25) is 0 Å². The van der Waals surface area contributed by atoms with Crippen molar-refractivity contribution in [2.24, 2.45) is 11.8 Å². The van der Waals surface area contributed by atoms with Gasteiger partial charge in [0.25, 0.3) is 0 Å². The highest BCUT2D eigenvalue weighted by Crippen LogP contribution is 2.49. The van der Waals surface area contributed by atoms with Crippen molar-refractivity contribution < 1.29 is 4.79 Å². The van der Waals surface area contributed by atoms with E-state index in [9.17, 15) is 4.79 Å². The van der Waals surface area contributed by atoms with Crippen molar-refractivity contribution in [3.05, 3.63) is 12.2 Å². The van der Waals surface area contributed by atoms with Gasteiger partial charge in [0.15, 0.2) is 0 Å². The van der Waals surface area contributed by atoms with Crippen molar-refractivity contribution in [2.75, 3.05) is 0 Å². The summed E-state index contributed by atoms with van der Waals surface area (Å²) in [5.41, 5.74) is 0. The molecule has 0 aromatic rings. The quantitative estimate of drug-likeness (QED) is 0.360. The van der Waals surface area contributed by atoms with E-state index >= 15 is 0 Å². The summed E-state index contributed by atoms with van der Waals surface area (Å²) in [6, 6.07) is 0. The van der Waals surface area contributed by atoms with Gasteiger partial charge in [0.2, 0.25) is 0 Å². The lowest BCUT2D eigenvalue weighted by Gasteiger charge is -2.21. The summed E-state index contributed by atoms with van der Waals surface area (Å²) in [5.74, 6) is 1.13. The largest absolute Gasteiger partial charge is 0.302 e. The van der Waals surface area contributed by atoms with Gasteiger partial charge in [-0.05, 0) is 24.7 Å². The predicted molar refractivity (Wildman–Crippen MR) is 43.1 cm³/mol. The van der Waals surface area contributed by atoms with Crippen LogP contribution in [0.25, 0.3) is 0 Å². The van der Waals surface area contributed by atoms with Crippen molar-refractivity contribution in [3.8, 4) is 0 Å². The van der Waals surface area contributed by atoms with Crippen LogP contribution in [-0.2, 0) is 4.79 Å². The lowest BCUT2D eigenvalue weighted by Crippen LogP contribution is -2.27. The van der Waals surface area contributed by atoms with Gasteiger partial charge in [0, 0.05) is 0 Å². The van der Waals surface area contributed by atoms with Gasteiger partial charge in [-0.1, -0.05) is 28.1 Å². The lowest BCUT2D eigenvalue weighted by molar-refractivity contribution is -0.110. The fraction of sp³-hybridized carbons (Fsp3) is 0.625. The summed E-state index contributed by atoms with van der Waals surface area (Å²) in [5, 5.41) is 0. The molecule has 54 valence electrons. The Hall–Kier alpha value is -0.110. The van der Waals surface area contributed by atoms with Crippen LogP contribution in [0.15, 0.2) is 12.2 Å². The van der Waals surface area contributed by atoms with Crippen LogP contribution in [0.4, 0.5) is 0 Å². The minimum absolute atomic E-state index is 0.202. The second-order valence-corrected chi connectivity index (χ2v) is 4.71. The molecular formula is C8H9BrO. The smallest absolute Gasteiger partial charge is 0.137 e. The van der Waals surface area contributed by atoms with E-state index in [4.69, 9.17) is 0 Å². The Balaban J connectivity index is 2.30. The first-order valence-electron chi connectivity index (χ1n) is 3.58. The lowest BCUT2D eigenvalue weighted by atomic mass is 9.95. The summed E-state index contributed by atoms with van der Waals surface area (Å²) < 4.78 is -0.202. The van der Waals surface area contributed by atoms with E-state index in [0.29, 0.717) is 11.8 Å². The summed E-state index contributed by atoms with van der Waals surface area (Å²) in [6.07, 6.45) is 7.62. The Labute approximate surface area is 68.6 Å². The molecule has 0 amide bonds. The number of allylic oxidation sites excluding steroid dienone is 2. The maximum atomic E-state index is 10.6. The van der Waals surface area contributed by atoms with Gasteiger partial charge < -0.3 is 4.79 Å². The molecule has 0 aromatic heterocycles. The van der Waals surface area contributed by atoms with E-state index in [2.05, 4.69) is 28.1 Å². The van der Waals surface area contributed by atoms with Gasteiger partial charge in [0.1, 0.15) is 6.29 Å². The van der Waals surface area contributed by atoms with E-state index < -0.39 is 0 Å². The molecule has 1 fully saturated rings.